The van der Waals surface area contributed by atoms with Gasteiger partial charge < -0.3 is 10.2 Å². The van der Waals surface area contributed by atoms with Crippen LogP contribution in [-0.4, -0.2) is 0 Å². The molecule has 0 saturated heterocycles. The summed E-state index contributed by atoms with van der Waals surface area (Å²) in [5.74, 6) is 0.846. The van der Waals surface area contributed by atoms with Gasteiger partial charge in [0.1, 0.15) is 11.3 Å². The number of para-hydroxylation sites is 1. The number of hydrogen-bond donors (Lipinski definition) is 1. The number of rotatable bonds is 4. The van der Waals surface area contributed by atoms with Crippen molar-refractivity contribution in [2.24, 2.45) is 5.73 Å². The molecule has 0 aliphatic rings. The molecule has 1 aromatic carbocycles. The number of benzene rings is 1. The molecule has 0 aliphatic heterocycles. The van der Waals surface area contributed by atoms with Crippen LogP contribution in [0.15, 0.2) is 45.3 Å². The lowest BCUT2D eigenvalue weighted by Crippen LogP contribution is -2.11. The van der Waals surface area contributed by atoms with Gasteiger partial charge in [0.15, 0.2) is 0 Å². The fraction of sp³-hybridized carbons (Fsp3) is 0.250. The third kappa shape index (κ3) is 2.68. The summed E-state index contributed by atoms with van der Waals surface area (Å²) in [6.07, 6.45) is 1.90. The summed E-state index contributed by atoms with van der Waals surface area (Å²) in [5.41, 5.74) is 7.16. The highest BCUT2D eigenvalue weighted by molar-refractivity contribution is 9.10. The largest absolute Gasteiger partial charge is 0.458 e. The van der Waals surface area contributed by atoms with E-state index < -0.39 is 0 Å². The smallest absolute Gasteiger partial charge is 0.148 e. The first-order valence-electron chi connectivity index (χ1n) is 6.68. The van der Waals surface area contributed by atoms with E-state index >= 15 is 0 Å². The summed E-state index contributed by atoms with van der Waals surface area (Å²) in [6, 6.07) is 12.3. The number of halogens is 1. The Kier molecular flexibility index (Phi) is 3.96. The molecule has 104 valence electrons. The van der Waals surface area contributed by atoms with Crippen LogP contribution in [0.2, 0.25) is 0 Å². The molecule has 0 radical (unpaired) electrons. The molecule has 0 bridgehead atoms. The second-order valence-electron chi connectivity index (χ2n) is 4.84. The second-order valence-corrected chi connectivity index (χ2v) is 6.95. The Balaban J connectivity index is 1.84. The van der Waals surface area contributed by atoms with Crippen LogP contribution in [0.3, 0.4) is 0 Å². The number of hydrogen-bond acceptors (Lipinski definition) is 3. The normalized spacial score (nSPS) is 12.9. The SMILES string of the molecule is CCc1ccc(CC(N)c2cc3cccc(Br)c3o2)s1. The van der Waals surface area contributed by atoms with E-state index in [0.717, 1.165) is 34.0 Å². The zero-order valence-electron chi connectivity index (χ0n) is 11.2. The first-order chi connectivity index (χ1) is 9.67. The van der Waals surface area contributed by atoms with Gasteiger partial charge in [0, 0.05) is 21.6 Å². The number of aryl methyl sites for hydroxylation is 1. The van der Waals surface area contributed by atoms with Crippen molar-refractivity contribution in [3.63, 3.8) is 0 Å². The highest BCUT2D eigenvalue weighted by Gasteiger charge is 2.15. The van der Waals surface area contributed by atoms with Gasteiger partial charge in [0.2, 0.25) is 0 Å². The average molecular weight is 350 g/mol. The fourth-order valence-corrected chi connectivity index (χ4v) is 3.75. The van der Waals surface area contributed by atoms with Gasteiger partial charge in [-0.3, -0.25) is 0 Å². The van der Waals surface area contributed by atoms with Crippen LogP contribution in [0.4, 0.5) is 0 Å². The summed E-state index contributed by atoms with van der Waals surface area (Å²) in [5, 5.41) is 1.09. The summed E-state index contributed by atoms with van der Waals surface area (Å²) < 4.78 is 6.87. The minimum atomic E-state index is -0.0994. The van der Waals surface area contributed by atoms with Gasteiger partial charge in [-0.2, -0.15) is 0 Å². The molecule has 3 aromatic rings. The standard InChI is InChI=1S/C16H16BrNOS/c1-2-11-6-7-12(20-11)9-14(18)15-8-10-4-3-5-13(17)16(10)19-15/h3-8,14H,2,9,18H2,1H3. The van der Waals surface area contributed by atoms with Crippen molar-refractivity contribution < 1.29 is 4.42 Å². The summed E-state index contributed by atoms with van der Waals surface area (Å²) in [4.78, 5) is 2.72. The molecule has 20 heavy (non-hydrogen) atoms. The predicted molar refractivity (Wildman–Crippen MR) is 88.2 cm³/mol. The Morgan fingerprint density at radius 3 is 2.75 bits per heavy atom. The van der Waals surface area contributed by atoms with Gasteiger partial charge in [-0.25, -0.2) is 0 Å². The van der Waals surface area contributed by atoms with Crippen LogP contribution in [-0.2, 0) is 12.8 Å². The molecule has 1 unspecified atom stereocenters. The van der Waals surface area contributed by atoms with Gasteiger partial charge in [-0.1, -0.05) is 19.1 Å². The molecule has 0 spiro atoms. The van der Waals surface area contributed by atoms with Gasteiger partial charge in [0.05, 0.1) is 10.5 Å². The molecule has 1 atom stereocenters. The van der Waals surface area contributed by atoms with Crippen LogP contribution >= 0.6 is 27.3 Å². The maximum atomic E-state index is 6.29. The number of fused-ring (bicyclic) bond motifs is 1. The molecule has 2 nitrogen and oxygen atoms in total. The molecular weight excluding hydrogens is 334 g/mol. The van der Waals surface area contributed by atoms with Crippen LogP contribution in [0.1, 0.15) is 28.5 Å². The first kappa shape index (κ1) is 13.9. The average Bonchev–Trinajstić information content (AvgIpc) is 3.05. The number of thiophene rings is 1. The molecule has 0 fully saturated rings. The Morgan fingerprint density at radius 1 is 1.25 bits per heavy atom. The topological polar surface area (TPSA) is 39.2 Å². The van der Waals surface area contributed by atoms with E-state index in [4.69, 9.17) is 10.2 Å². The van der Waals surface area contributed by atoms with Gasteiger partial charge >= 0.3 is 0 Å². The van der Waals surface area contributed by atoms with Crippen LogP contribution in [0, 0.1) is 0 Å². The molecule has 3 rings (SSSR count). The van der Waals surface area contributed by atoms with Crippen molar-refractivity contribution in [1.29, 1.82) is 0 Å². The van der Waals surface area contributed by atoms with Gasteiger partial charge in [-0.05, 0) is 46.6 Å². The Labute approximate surface area is 130 Å². The molecule has 2 aromatic heterocycles. The second kappa shape index (κ2) is 5.72. The van der Waals surface area contributed by atoms with E-state index in [0.29, 0.717) is 0 Å². The molecule has 4 heteroatoms. The fourth-order valence-electron chi connectivity index (χ4n) is 2.27. The molecule has 0 amide bonds. The minimum absolute atomic E-state index is 0.0994. The molecule has 0 saturated carbocycles. The molecule has 2 heterocycles. The quantitative estimate of drug-likeness (QED) is 0.714. The van der Waals surface area contributed by atoms with Crippen molar-refractivity contribution >= 4 is 38.2 Å². The van der Waals surface area contributed by atoms with Crippen molar-refractivity contribution in [3.8, 4) is 0 Å². The van der Waals surface area contributed by atoms with E-state index in [1.165, 1.54) is 9.75 Å². The highest BCUT2D eigenvalue weighted by Crippen LogP contribution is 2.31. The number of nitrogens with two attached hydrogens (primary N) is 1. The lowest BCUT2D eigenvalue weighted by molar-refractivity contribution is 0.494. The summed E-state index contributed by atoms with van der Waals surface area (Å²) in [6.45, 7) is 2.17. The third-order valence-electron chi connectivity index (χ3n) is 3.37. The zero-order chi connectivity index (χ0) is 14.1. The molecule has 2 N–H and O–H groups in total. The van der Waals surface area contributed by atoms with Crippen LogP contribution in [0.25, 0.3) is 11.0 Å². The molecular formula is C16H16BrNOS. The highest BCUT2D eigenvalue weighted by atomic mass is 79.9. The van der Waals surface area contributed by atoms with Crippen LogP contribution < -0.4 is 5.73 Å². The predicted octanol–water partition coefficient (Wildman–Crippen LogP) is 5.06. The van der Waals surface area contributed by atoms with E-state index in [1.54, 1.807) is 0 Å². The Bertz CT molecular complexity index is 731. The van der Waals surface area contributed by atoms with E-state index in [2.05, 4.69) is 35.0 Å². The van der Waals surface area contributed by atoms with Crippen molar-refractivity contribution in [3.05, 3.63) is 56.4 Å². The minimum Gasteiger partial charge on any atom is -0.458 e. The van der Waals surface area contributed by atoms with Crippen LogP contribution in [0.5, 0.6) is 0 Å². The maximum Gasteiger partial charge on any atom is 0.148 e. The maximum absolute atomic E-state index is 6.29. The number of furan rings is 1. The summed E-state index contributed by atoms with van der Waals surface area (Å²) >= 11 is 5.34. The van der Waals surface area contributed by atoms with Crippen molar-refractivity contribution in [2.75, 3.05) is 0 Å². The van der Waals surface area contributed by atoms with Crippen molar-refractivity contribution in [2.45, 2.75) is 25.8 Å². The monoisotopic (exact) mass is 349 g/mol. The van der Waals surface area contributed by atoms with E-state index in [9.17, 15) is 0 Å². The van der Waals surface area contributed by atoms with Gasteiger partial charge in [0.25, 0.3) is 0 Å². The lowest BCUT2D eigenvalue weighted by Gasteiger charge is -2.06. The van der Waals surface area contributed by atoms with E-state index in [-0.39, 0.29) is 6.04 Å². The van der Waals surface area contributed by atoms with E-state index in [1.807, 2.05) is 35.6 Å². The zero-order valence-corrected chi connectivity index (χ0v) is 13.6. The Morgan fingerprint density at radius 2 is 2.05 bits per heavy atom. The summed E-state index contributed by atoms with van der Waals surface area (Å²) in [7, 11) is 0. The Hall–Kier alpha value is -1.10. The molecule has 0 aliphatic carbocycles. The van der Waals surface area contributed by atoms with Gasteiger partial charge in [-0.15, -0.1) is 11.3 Å². The first-order valence-corrected chi connectivity index (χ1v) is 8.29. The third-order valence-corrected chi connectivity index (χ3v) is 5.24. The lowest BCUT2D eigenvalue weighted by atomic mass is 10.1. The van der Waals surface area contributed by atoms with Crippen molar-refractivity contribution in [1.82, 2.24) is 0 Å².